The molecule has 3 rings (SSSR count). The van der Waals surface area contributed by atoms with Gasteiger partial charge in [-0.25, -0.2) is 5.43 Å². The van der Waals surface area contributed by atoms with Gasteiger partial charge < -0.3 is 5.11 Å². The Morgan fingerprint density at radius 1 is 1.00 bits per heavy atom. The second-order valence-corrected chi connectivity index (χ2v) is 5.55. The molecule has 0 saturated heterocycles. The zero-order chi connectivity index (χ0) is 17.6. The summed E-state index contributed by atoms with van der Waals surface area (Å²) in [6.45, 7) is 0. The lowest BCUT2D eigenvalue weighted by atomic mass is 10.1. The van der Waals surface area contributed by atoms with E-state index in [4.69, 9.17) is 0 Å². The van der Waals surface area contributed by atoms with Gasteiger partial charge in [0.25, 0.3) is 5.91 Å². The molecule has 0 aliphatic carbocycles. The average molecular weight is 335 g/mol. The van der Waals surface area contributed by atoms with E-state index in [9.17, 15) is 14.7 Å². The Bertz CT molecular complexity index is 891. The number of pyridine rings is 1. The third-order valence-electron chi connectivity index (χ3n) is 3.83. The number of carboxylic acid groups (broad SMARTS) is 1. The van der Waals surface area contributed by atoms with Gasteiger partial charge in [-0.2, -0.15) is 0 Å². The van der Waals surface area contributed by atoms with Gasteiger partial charge in [0, 0.05) is 18.0 Å². The topological polar surface area (TPSA) is 91.3 Å². The molecule has 6 nitrogen and oxygen atoms in total. The second-order valence-electron chi connectivity index (χ2n) is 5.55. The number of nitrogens with zero attached hydrogens (tertiary/aromatic N) is 1. The van der Waals surface area contributed by atoms with Crippen LogP contribution >= 0.6 is 0 Å². The molecular weight excluding hydrogens is 318 g/mol. The smallest absolute Gasteiger partial charge is 0.322 e. The number of carbonyl (C=O) groups is 2. The van der Waals surface area contributed by atoms with Gasteiger partial charge in [0.2, 0.25) is 0 Å². The number of aliphatic carboxylic acids is 1. The van der Waals surface area contributed by atoms with Crippen LogP contribution in [0.25, 0.3) is 10.9 Å². The van der Waals surface area contributed by atoms with E-state index >= 15 is 0 Å². The Hall–Kier alpha value is -3.25. The number of fused-ring (bicyclic) bond motifs is 1. The largest absolute Gasteiger partial charge is 0.480 e. The normalized spacial score (nSPS) is 11.8. The number of benzene rings is 2. The highest BCUT2D eigenvalue weighted by atomic mass is 16.4. The van der Waals surface area contributed by atoms with Gasteiger partial charge in [0.1, 0.15) is 6.04 Å². The van der Waals surface area contributed by atoms with Crippen LogP contribution < -0.4 is 10.9 Å². The molecule has 25 heavy (non-hydrogen) atoms. The molecule has 0 aliphatic heterocycles. The van der Waals surface area contributed by atoms with Crippen LogP contribution in [0.3, 0.4) is 0 Å². The van der Waals surface area contributed by atoms with Crippen molar-refractivity contribution in [3.8, 4) is 0 Å². The average Bonchev–Trinajstić information content (AvgIpc) is 2.65. The van der Waals surface area contributed by atoms with Crippen molar-refractivity contribution in [1.82, 2.24) is 15.8 Å². The third kappa shape index (κ3) is 3.99. The van der Waals surface area contributed by atoms with E-state index in [1.54, 1.807) is 18.3 Å². The molecule has 3 N–H and O–H groups in total. The molecule has 3 aromatic rings. The quantitative estimate of drug-likeness (QED) is 0.601. The molecule has 1 atom stereocenters. The van der Waals surface area contributed by atoms with Crippen molar-refractivity contribution in [2.45, 2.75) is 12.5 Å². The van der Waals surface area contributed by atoms with Gasteiger partial charge in [-0.3, -0.25) is 20.0 Å². The number of carbonyl (C=O) groups excluding carboxylic acids is 1. The maximum Gasteiger partial charge on any atom is 0.322 e. The first-order valence-corrected chi connectivity index (χ1v) is 7.81. The monoisotopic (exact) mass is 335 g/mol. The van der Waals surface area contributed by atoms with E-state index in [1.165, 1.54) is 0 Å². The standard InChI is InChI=1S/C19H17N3O3/c23-18(15-10-11-20-16-9-5-4-8-14(15)16)22-21-17(19(24)25)12-13-6-2-1-3-7-13/h1-11,17,21H,12H2,(H,22,23)(H,24,25)/t17-/m0/s1. The molecule has 0 fully saturated rings. The summed E-state index contributed by atoms with van der Waals surface area (Å²) in [7, 11) is 0. The second kappa shape index (κ2) is 7.55. The summed E-state index contributed by atoms with van der Waals surface area (Å²) in [5.41, 5.74) is 7.11. The molecule has 1 aromatic heterocycles. The number of hydrogen-bond acceptors (Lipinski definition) is 4. The van der Waals surface area contributed by atoms with E-state index in [2.05, 4.69) is 15.8 Å². The van der Waals surface area contributed by atoms with Gasteiger partial charge >= 0.3 is 5.97 Å². The van der Waals surface area contributed by atoms with Crippen molar-refractivity contribution >= 4 is 22.8 Å². The molecule has 0 saturated carbocycles. The van der Waals surface area contributed by atoms with E-state index in [0.29, 0.717) is 16.5 Å². The minimum Gasteiger partial charge on any atom is -0.480 e. The van der Waals surface area contributed by atoms with Crippen molar-refractivity contribution in [2.75, 3.05) is 0 Å². The first-order valence-electron chi connectivity index (χ1n) is 7.81. The van der Waals surface area contributed by atoms with Crippen LogP contribution in [0.5, 0.6) is 0 Å². The van der Waals surface area contributed by atoms with Crippen LogP contribution in [0.15, 0.2) is 66.9 Å². The van der Waals surface area contributed by atoms with E-state index in [0.717, 1.165) is 5.56 Å². The minimum absolute atomic E-state index is 0.257. The summed E-state index contributed by atoms with van der Waals surface area (Å²) in [6.07, 6.45) is 1.81. The summed E-state index contributed by atoms with van der Waals surface area (Å²) in [4.78, 5) is 28.1. The highest BCUT2D eigenvalue weighted by molar-refractivity contribution is 6.05. The lowest BCUT2D eigenvalue weighted by molar-refractivity contribution is -0.139. The summed E-state index contributed by atoms with van der Waals surface area (Å²) < 4.78 is 0. The van der Waals surface area contributed by atoms with Crippen LogP contribution in [0.4, 0.5) is 0 Å². The van der Waals surface area contributed by atoms with Crippen molar-refractivity contribution in [3.63, 3.8) is 0 Å². The van der Waals surface area contributed by atoms with Gasteiger partial charge in [-0.15, -0.1) is 0 Å². The molecule has 0 unspecified atom stereocenters. The number of para-hydroxylation sites is 1. The molecule has 1 amide bonds. The molecule has 1 heterocycles. The Balaban J connectivity index is 1.72. The number of aromatic nitrogens is 1. The Kier molecular flexibility index (Phi) is 5.01. The highest BCUT2D eigenvalue weighted by Crippen LogP contribution is 2.15. The van der Waals surface area contributed by atoms with Crippen LogP contribution in [-0.2, 0) is 11.2 Å². The predicted molar refractivity (Wildman–Crippen MR) is 93.9 cm³/mol. The molecule has 126 valence electrons. The van der Waals surface area contributed by atoms with E-state index < -0.39 is 17.9 Å². The number of hydrogen-bond donors (Lipinski definition) is 3. The maximum absolute atomic E-state index is 12.4. The van der Waals surface area contributed by atoms with Gasteiger partial charge in [0.05, 0.1) is 11.1 Å². The summed E-state index contributed by atoms with van der Waals surface area (Å²) in [5, 5.41) is 10.1. The lowest BCUT2D eigenvalue weighted by Crippen LogP contribution is -2.49. The molecule has 0 aliphatic rings. The fourth-order valence-electron chi connectivity index (χ4n) is 2.56. The number of amides is 1. The number of nitrogens with one attached hydrogen (secondary N) is 2. The van der Waals surface area contributed by atoms with Crippen LogP contribution in [0.1, 0.15) is 15.9 Å². The van der Waals surface area contributed by atoms with Gasteiger partial charge in [-0.1, -0.05) is 48.5 Å². The minimum atomic E-state index is -1.04. The first-order chi connectivity index (χ1) is 12.1. The lowest BCUT2D eigenvalue weighted by Gasteiger charge is -2.16. The molecule has 0 radical (unpaired) electrons. The van der Waals surface area contributed by atoms with Gasteiger partial charge in [-0.05, 0) is 17.7 Å². The van der Waals surface area contributed by atoms with E-state index in [1.807, 2.05) is 48.5 Å². The van der Waals surface area contributed by atoms with Crippen molar-refractivity contribution < 1.29 is 14.7 Å². The fourth-order valence-corrected chi connectivity index (χ4v) is 2.56. The first kappa shape index (κ1) is 16.6. The molecule has 0 spiro atoms. The zero-order valence-corrected chi connectivity index (χ0v) is 13.3. The number of rotatable bonds is 6. The molecule has 2 aromatic carbocycles. The maximum atomic E-state index is 12.4. The highest BCUT2D eigenvalue weighted by Gasteiger charge is 2.19. The summed E-state index contributed by atoms with van der Waals surface area (Å²) in [6, 6.07) is 17.2. The van der Waals surface area contributed by atoms with Gasteiger partial charge in [0.15, 0.2) is 0 Å². The Labute approximate surface area is 144 Å². The predicted octanol–water partition coefficient (Wildman–Crippen LogP) is 2.17. The van der Waals surface area contributed by atoms with Crippen LogP contribution in [0.2, 0.25) is 0 Å². The third-order valence-corrected chi connectivity index (χ3v) is 3.83. The van der Waals surface area contributed by atoms with E-state index in [-0.39, 0.29) is 6.42 Å². The molecular formula is C19H17N3O3. The van der Waals surface area contributed by atoms with Crippen molar-refractivity contribution in [2.24, 2.45) is 0 Å². The molecule has 6 heteroatoms. The molecule has 0 bridgehead atoms. The Morgan fingerprint density at radius 2 is 1.72 bits per heavy atom. The summed E-state index contributed by atoms with van der Waals surface area (Å²) >= 11 is 0. The van der Waals surface area contributed by atoms with Crippen LogP contribution in [0, 0.1) is 0 Å². The SMILES string of the molecule is O=C(NN[C@@H](Cc1ccccc1)C(=O)O)c1ccnc2ccccc12. The number of carboxylic acids is 1. The number of hydrazine groups is 1. The van der Waals surface area contributed by atoms with Crippen LogP contribution in [-0.4, -0.2) is 28.0 Å². The van der Waals surface area contributed by atoms with Crippen molar-refractivity contribution in [3.05, 3.63) is 78.0 Å². The Morgan fingerprint density at radius 3 is 2.48 bits per heavy atom. The fraction of sp³-hybridized carbons (Fsp3) is 0.105. The summed E-state index contributed by atoms with van der Waals surface area (Å²) in [5.74, 6) is -1.44. The zero-order valence-electron chi connectivity index (χ0n) is 13.3. The van der Waals surface area contributed by atoms with Crippen molar-refractivity contribution in [1.29, 1.82) is 0 Å².